The molecule has 3 amide bonds. The summed E-state index contributed by atoms with van der Waals surface area (Å²) < 4.78 is 0. The fraction of sp³-hybridized carbons (Fsp3) is 0.438. The van der Waals surface area contributed by atoms with Crippen molar-refractivity contribution >= 4 is 23.6 Å². The summed E-state index contributed by atoms with van der Waals surface area (Å²) >= 11 is 0. The van der Waals surface area contributed by atoms with Crippen LogP contribution in [0.4, 0.5) is 10.5 Å². The van der Waals surface area contributed by atoms with E-state index in [1.807, 2.05) is 26.0 Å². The zero-order valence-electron chi connectivity index (χ0n) is 13.3. The smallest absolute Gasteiger partial charge is 0.325 e. The molecule has 3 N–H and O–H groups in total. The predicted molar refractivity (Wildman–Crippen MR) is 85.3 cm³/mol. The Hall–Kier alpha value is -2.41. The summed E-state index contributed by atoms with van der Waals surface area (Å²) in [4.78, 5) is 36.5. The summed E-state index contributed by atoms with van der Waals surface area (Å²) in [5.74, 6) is -1.45. The first-order valence-corrected chi connectivity index (χ1v) is 7.52. The maximum Gasteiger partial charge on any atom is 0.325 e. The minimum atomic E-state index is -0.935. The summed E-state index contributed by atoms with van der Waals surface area (Å²) in [6.07, 6.45) is 1.26. The van der Waals surface area contributed by atoms with Crippen LogP contribution < -0.4 is 10.6 Å². The van der Waals surface area contributed by atoms with Gasteiger partial charge in [-0.1, -0.05) is 12.1 Å². The number of aliphatic carboxylic acids is 1. The van der Waals surface area contributed by atoms with Crippen LogP contribution in [0, 0.1) is 13.8 Å². The van der Waals surface area contributed by atoms with Crippen LogP contribution in [-0.2, 0) is 9.59 Å². The molecule has 124 valence electrons. The van der Waals surface area contributed by atoms with E-state index in [2.05, 4.69) is 10.6 Å². The lowest BCUT2D eigenvalue weighted by Crippen LogP contribution is -2.45. The van der Waals surface area contributed by atoms with Crippen LogP contribution in [0.25, 0.3) is 0 Å². The van der Waals surface area contributed by atoms with Crippen LogP contribution in [0.15, 0.2) is 18.2 Å². The number of amides is 3. The van der Waals surface area contributed by atoms with E-state index in [0.29, 0.717) is 18.7 Å². The number of carbonyl (C=O) groups excluding carboxylic acids is 2. The lowest BCUT2D eigenvalue weighted by Gasteiger charge is -2.20. The molecule has 1 saturated heterocycles. The first-order valence-electron chi connectivity index (χ1n) is 7.52. The van der Waals surface area contributed by atoms with Gasteiger partial charge in [0.15, 0.2) is 0 Å². The molecule has 2 rings (SSSR count). The third kappa shape index (κ3) is 4.29. The van der Waals surface area contributed by atoms with Gasteiger partial charge in [0, 0.05) is 5.69 Å². The maximum atomic E-state index is 11.9. The minimum absolute atomic E-state index is 0.100. The molecule has 1 aliphatic heterocycles. The topological polar surface area (TPSA) is 98.7 Å². The number of urea groups is 1. The number of benzene rings is 1. The average molecular weight is 319 g/mol. The van der Waals surface area contributed by atoms with Crippen molar-refractivity contribution in [3.05, 3.63) is 29.3 Å². The second kappa shape index (κ2) is 7.23. The van der Waals surface area contributed by atoms with Crippen molar-refractivity contribution in [1.29, 1.82) is 0 Å². The van der Waals surface area contributed by atoms with Gasteiger partial charge in [0.25, 0.3) is 0 Å². The van der Waals surface area contributed by atoms with Gasteiger partial charge in [-0.3, -0.25) is 19.8 Å². The molecule has 1 fully saturated rings. The third-order valence-electron chi connectivity index (χ3n) is 4.10. The molecule has 1 aromatic carbocycles. The Morgan fingerprint density at radius 2 is 2.04 bits per heavy atom. The van der Waals surface area contributed by atoms with Gasteiger partial charge >= 0.3 is 12.0 Å². The molecule has 0 aromatic heterocycles. The Morgan fingerprint density at radius 1 is 1.30 bits per heavy atom. The van der Waals surface area contributed by atoms with Crippen LogP contribution in [-0.4, -0.2) is 47.0 Å². The molecule has 1 aromatic rings. The van der Waals surface area contributed by atoms with Crippen molar-refractivity contribution in [2.24, 2.45) is 0 Å². The fourth-order valence-corrected chi connectivity index (χ4v) is 2.69. The number of hydrogen-bond acceptors (Lipinski definition) is 4. The van der Waals surface area contributed by atoms with Gasteiger partial charge in [-0.2, -0.15) is 0 Å². The zero-order valence-corrected chi connectivity index (χ0v) is 13.3. The molecule has 23 heavy (non-hydrogen) atoms. The molecule has 0 aliphatic carbocycles. The van der Waals surface area contributed by atoms with Gasteiger partial charge in [0.05, 0.1) is 6.54 Å². The number of rotatable bonds is 4. The monoisotopic (exact) mass is 319 g/mol. The lowest BCUT2D eigenvalue weighted by atomic mass is 10.1. The summed E-state index contributed by atoms with van der Waals surface area (Å²) in [5.41, 5.74) is 2.61. The largest absolute Gasteiger partial charge is 0.480 e. The van der Waals surface area contributed by atoms with Gasteiger partial charge in [0.1, 0.15) is 6.04 Å². The first-order chi connectivity index (χ1) is 10.9. The Morgan fingerprint density at radius 3 is 2.74 bits per heavy atom. The first kappa shape index (κ1) is 17.0. The molecular formula is C16H21N3O4. The molecule has 7 nitrogen and oxygen atoms in total. The van der Waals surface area contributed by atoms with E-state index < -0.39 is 23.9 Å². The quantitative estimate of drug-likeness (QED) is 0.781. The summed E-state index contributed by atoms with van der Waals surface area (Å²) in [5, 5.41) is 14.0. The number of anilines is 1. The van der Waals surface area contributed by atoms with Gasteiger partial charge in [0.2, 0.25) is 5.91 Å². The number of carboxylic acids is 1. The van der Waals surface area contributed by atoms with Gasteiger partial charge in [-0.25, -0.2) is 4.79 Å². The molecule has 0 saturated carbocycles. The van der Waals surface area contributed by atoms with Crippen LogP contribution in [0.2, 0.25) is 0 Å². The Balaban J connectivity index is 1.89. The number of nitrogens with one attached hydrogen (secondary N) is 2. The van der Waals surface area contributed by atoms with Crippen molar-refractivity contribution in [1.82, 2.24) is 10.2 Å². The van der Waals surface area contributed by atoms with E-state index in [4.69, 9.17) is 5.11 Å². The summed E-state index contributed by atoms with van der Waals surface area (Å²) in [6, 6.07) is 4.25. The van der Waals surface area contributed by atoms with Crippen molar-refractivity contribution in [3.8, 4) is 0 Å². The molecule has 0 radical (unpaired) electrons. The number of nitrogens with zero attached hydrogens (tertiary/aromatic N) is 1. The lowest BCUT2D eigenvalue weighted by molar-refractivity contribution is -0.142. The van der Waals surface area contributed by atoms with E-state index in [0.717, 1.165) is 17.5 Å². The fourth-order valence-electron chi connectivity index (χ4n) is 2.69. The average Bonchev–Trinajstić information content (AvgIpc) is 2.92. The predicted octanol–water partition coefficient (Wildman–Crippen LogP) is 1.50. The summed E-state index contributed by atoms with van der Waals surface area (Å²) in [7, 11) is 0. The van der Waals surface area contributed by atoms with Crippen LogP contribution >= 0.6 is 0 Å². The van der Waals surface area contributed by atoms with E-state index in [1.54, 1.807) is 11.0 Å². The van der Waals surface area contributed by atoms with E-state index >= 15 is 0 Å². The second-order valence-corrected chi connectivity index (χ2v) is 5.72. The minimum Gasteiger partial charge on any atom is -0.480 e. The van der Waals surface area contributed by atoms with Crippen molar-refractivity contribution < 1.29 is 19.5 Å². The highest BCUT2D eigenvalue weighted by Crippen LogP contribution is 2.18. The molecular weight excluding hydrogens is 298 g/mol. The maximum absolute atomic E-state index is 11.9. The SMILES string of the molecule is Cc1cccc(NC(=O)NC(=O)CN2CCC[C@@H]2C(=O)O)c1C. The number of likely N-dealkylation sites (tertiary alicyclic amines) is 1. The highest BCUT2D eigenvalue weighted by molar-refractivity contribution is 6.02. The molecule has 1 aliphatic rings. The Kier molecular flexibility index (Phi) is 5.33. The van der Waals surface area contributed by atoms with Crippen LogP contribution in [0.1, 0.15) is 24.0 Å². The second-order valence-electron chi connectivity index (χ2n) is 5.72. The molecule has 0 spiro atoms. The molecule has 0 bridgehead atoms. The molecule has 0 unspecified atom stereocenters. The number of hydrogen-bond donors (Lipinski definition) is 3. The van der Waals surface area contributed by atoms with E-state index in [9.17, 15) is 14.4 Å². The van der Waals surface area contributed by atoms with Crippen LogP contribution in [0.5, 0.6) is 0 Å². The number of imide groups is 1. The highest BCUT2D eigenvalue weighted by Gasteiger charge is 2.31. The van der Waals surface area contributed by atoms with E-state index in [-0.39, 0.29) is 6.54 Å². The van der Waals surface area contributed by atoms with E-state index in [1.165, 1.54) is 0 Å². The molecule has 7 heteroatoms. The van der Waals surface area contributed by atoms with Crippen molar-refractivity contribution in [2.75, 3.05) is 18.4 Å². The van der Waals surface area contributed by atoms with Gasteiger partial charge in [-0.05, 0) is 50.4 Å². The van der Waals surface area contributed by atoms with Gasteiger partial charge in [-0.15, -0.1) is 0 Å². The summed E-state index contributed by atoms with van der Waals surface area (Å²) in [6.45, 7) is 4.26. The highest BCUT2D eigenvalue weighted by atomic mass is 16.4. The van der Waals surface area contributed by atoms with Crippen molar-refractivity contribution in [2.45, 2.75) is 32.7 Å². The Labute approximate surface area is 134 Å². The third-order valence-corrected chi connectivity index (χ3v) is 4.10. The normalized spacial score (nSPS) is 17.7. The zero-order chi connectivity index (χ0) is 17.0. The Bertz CT molecular complexity index is 630. The number of aryl methyl sites for hydroxylation is 1. The number of carboxylic acid groups (broad SMARTS) is 1. The standard InChI is InChI=1S/C16H21N3O4/c1-10-5-3-6-12(11(10)2)17-16(23)18-14(20)9-19-8-4-7-13(19)15(21)22/h3,5-6,13H,4,7-9H2,1-2H3,(H,21,22)(H2,17,18,20,23)/t13-/m1/s1. The number of carbonyl (C=O) groups is 3. The molecule has 1 heterocycles. The van der Waals surface area contributed by atoms with Crippen molar-refractivity contribution in [3.63, 3.8) is 0 Å². The van der Waals surface area contributed by atoms with Gasteiger partial charge < -0.3 is 10.4 Å². The van der Waals surface area contributed by atoms with Crippen LogP contribution in [0.3, 0.4) is 0 Å². The molecule has 1 atom stereocenters.